The number of rotatable bonds is 6. The van der Waals surface area contributed by atoms with Gasteiger partial charge in [0.15, 0.2) is 0 Å². The van der Waals surface area contributed by atoms with Crippen LogP contribution in [0.2, 0.25) is 0 Å². The third-order valence-electron chi connectivity index (χ3n) is 3.42. The molecule has 0 radical (unpaired) electrons. The van der Waals surface area contributed by atoms with Crippen molar-refractivity contribution in [3.05, 3.63) is 35.9 Å². The lowest BCUT2D eigenvalue weighted by molar-refractivity contribution is -0.122. The van der Waals surface area contributed by atoms with Crippen molar-refractivity contribution in [1.29, 1.82) is 0 Å². The molecule has 0 aromatic heterocycles. The van der Waals surface area contributed by atoms with E-state index < -0.39 is 0 Å². The Labute approximate surface area is 119 Å². The fourth-order valence-corrected chi connectivity index (χ4v) is 2.22. The van der Waals surface area contributed by atoms with Crippen LogP contribution in [0.1, 0.15) is 23.7 Å². The minimum absolute atomic E-state index is 0.237. The van der Waals surface area contributed by atoms with Crippen molar-refractivity contribution in [2.24, 2.45) is 0 Å². The molecule has 0 spiro atoms. The van der Waals surface area contributed by atoms with Gasteiger partial charge < -0.3 is 5.32 Å². The van der Waals surface area contributed by atoms with Gasteiger partial charge >= 0.3 is 0 Å². The van der Waals surface area contributed by atoms with Gasteiger partial charge in [-0.1, -0.05) is 25.1 Å². The third kappa shape index (κ3) is 3.88. The first-order chi connectivity index (χ1) is 9.70. The lowest BCUT2D eigenvalue weighted by atomic mass is 10.1. The maximum atomic E-state index is 12.0. The Kier molecular flexibility index (Phi) is 5.26. The number of nitrogens with one attached hydrogen (secondary N) is 2. The van der Waals surface area contributed by atoms with Crippen molar-refractivity contribution in [2.45, 2.75) is 19.4 Å². The fraction of sp³-hybridized carbons (Fsp3) is 0.467. The summed E-state index contributed by atoms with van der Waals surface area (Å²) < 4.78 is 0. The van der Waals surface area contributed by atoms with E-state index in [2.05, 4.69) is 22.5 Å². The van der Waals surface area contributed by atoms with Gasteiger partial charge in [-0.25, -0.2) is 0 Å². The molecule has 2 N–H and O–H groups in total. The van der Waals surface area contributed by atoms with Crippen LogP contribution in [0, 0.1) is 0 Å². The average Bonchev–Trinajstić information content (AvgIpc) is 2.37. The first-order valence-electron chi connectivity index (χ1n) is 7.04. The van der Waals surface area contributed by atoms with Gasteiger partial charge in [0.05, 0.1) is 6.54 Å². The van der Waals surface area contributed by atoms with E-state index in [0.29, 0.717) is 11.6 Å². The van der Waals surface area contributed by atoms with Gasteiger partial charge in [0.25, 0.3) is 5.91 Å². The van der Waals surface area contributed by atoms with Gasteiger partial charge in [0.2, 0.25) is 5.91 Å². The van der Waals surface area contributed by atoms with Gasteiger partial charge in [-0.15, -0.1) is 0 Å². The summed E-state index contributed by atoms with van der Waals surface area (Å²) in [6, 6.07) is 9.20. The number of carbonyl (C=O) groups excluding carboxylic acids is 2. The van der Waals surface area contributed by atoms with Crippen LogP contribution in [0.25, 0.3) is 0 Å². The maximum absolute atomic E-state index is 12.0. The number of imide groups is 1. The van der Waals surface area contributed by atoms with Crippen LogP contribution >= 0.6 is 0 Å². The molecule has 0 bridgehead atoms. The normalized spacial score (nSPS) is 14.9. The highest BCUT2D eigenvalue weighted by Gasteiger charge is 2.25. The molecule has 1 aromatic rings. The van der Waals surface area contributed by atoms with Crippen LogP contribution in [0.3, 0.4) is 0 Å². The molecule has 1 aliphatic rings. The highest BCUT2D eigenvalue weighted by molar-refractivity contribution is 6.05. The second kappa shape index (κ2) is 7.17. The predicted molar refractivity (Wildman–Crippen MR) is 77.4 cm³/mol. The van der Waals surface area contributed by atoms with E-state index in [4.69, 9.17) is 0 Å². The van der Waals surface area contributed by atoms with Crippen molar-refractivity contribution >= 4 is 11.8 Å². The smallest absolute Gasteiger partial charge is 0.257 e. The summed E-state index contributed by atoms with van der Waals surface area (Å²) in [7, 11) is 0. The molecule has 5 nitrogen and oxygen atoms in total. The van der Waals surface area contributed by atoms with Crippen LogP contribution in [0.15, 0.2) is 30.3 Å². The van der Waals surface area contributed by atoms with Crippen molar-refractivity contribution in [1.82, 2.24) is 15.5 Å². The number of amides is 2. The summed E-state index contributed by atoms with van der Waals surface area (Å²) in [6.07, 6.45) is 0.996. The topological polar surface area (TPSA) is 61.4 Å². The zero-order chi connectivity index (χ0) is 14.4. The molecule has 1 aromatic carbocycles. The highest BCUT2D eigenvalue weighted by atomic mass is 16.2. The molecule has 1 heterocycles. The quantitative estimate of drug-likeness (QED) is 0.799. The van der Waals surface area contributed by atoms with Crippen LogP contribution in [0.5, 0.6) is 0 Å². The van der Waals surface area contributed by atoms with Gasteiger partial charge in [0.1, 0.15) is 0 Å². The minimum atomic E-state index is -0.334. The summed E-state index contributed by atoms with van der Waals surface area (Å²) in [5.74, 6) is -0.571. The molecule has 20 heavy (non-hydrogen) atoms. The molecule has 108 valence electrons. The average molecular weight is 275 g/mol. The van der Waals surface area contributed by atoms with Gasteiger partial charge in [-0.05, 0) is 25.1 Å². The van der Waals surface area contributed by atoms with Crippen molar-refractivity contribution in [3.8, 4) is 0 Å². The molecule has 1 fully saturated rings. The third-order valence-corrected chi connectivity index (χ3v) is 3.42. The van der Waals surface area contributed by atoms with Gasteiger partial charge in [0, 0.05) is 24.7 Å². The number of hydrogen-bond donors (Lipinski definition) is 2. The molecule has 2 amide bonds. The zero-order valence-corrected chi connectivity index (χ0v) is 11.8. The first kappa shape index (κ1) is 14.7. The second-order valence-corrected chi connectivity index (χ2v) is 5.03. The van der Waals surface area contributed by atoms with E-state index in [1.807, 2.05) is 6.07 Å². The Morgan fingerprint density at radius 1 is 1.30 bits per heavy atom. The number of carbonyl (C=O) groups is 2. The summed E-state index contributed by atoms with van der Waals surface area (Å²) in [5.41, 5.74) is 0.508. The molecular weight excluding hydrogens is 254 g/mol. The SMILES string of the molecule is CCCN(CC(=O)NC(=O)c1ccccc1)C1CNC1. The van der Waals surface area contributed by atoms with E-state index in [0.717, 1.165) is 26.1 Å². The van der Waals surface area contributed by atoms with Gasteiger partial charge in [-0.3, -0.25) is 19.8 Å². The van der Waals surface area contributed by atoms with Crippen LogP contribution in [-0.2, 0) is 4.79 Å². The number of benzene rings is 1. The molecule has 0 saturated carbocycles. The van der Waals surface area contributed by atoms with Crippen molar-refractivity contribution < 1.29 is 9.59 Å². The largest absolute Gasteiger partial charge is 0.314 e. The molecule has 1 aliphatic heterocycles. The first-order valence-corrected chi connectivity index (χ1v) is 7.04. The lowest BCUT2D eigenvalue weighted by Crippen LogP contribution is -2.59. The molecule has 2 rings (SSSR count). The van der Waals surface area contributed by atoms with Crippen LogP contribution < -0.4 is 10.6 Å². The van der Waals surface area contributed by atoms with E-state index >= 15 is 0 Å². The molecular formula is C15H21N3O2. The summed E-state index contributed by atoms with van der Waals surface area (Å²) in [4.78, 5) is 26.0. The molecule has 0 atom stereocenters. The number of hydrogen-bond acceptors (Lipinski definition) is 4. The molecule has 0 aliphatic carbocycles. The molecule has 5 heteroatoms. The summed E-state index contributed by atoms with van der Waals surface area (Å²) in [5, 5.41) is 5.65. The Balaban J connectivity index is 1.86. The van der Waals surface area contributed by atoms with Crippen molar-refractivity contribution in [2.75, 3.05) is 26.2 Å². The van der Waals surface area contributed by atoms with E-state index in [1.165, 1.54) is 0 Å². The van der Waals surface area contributed by atoms with Crippen molar-refractivity contribution in [3.63, 3.8) is 0 Å². The Morgan fingerprint density at radius 3 is 2.55 bits per heavy atom. The summed E-state index contributed by atoms with van der Waals surface area (Å²) in [6.45, 7) is 5.07. The lowest BCUT2D eigenvalue weighted by Gasteiger charge is -2.37. The van der Waals surface area contributed by atoms with Crippen LogP contribution in [-0.4, -0.2) is 48.9 Å². The predicted octanol–water partition coefficient (Wildman–Crippen LogP) is 0.627. The monoisotopic (exact) mass is 275 g/mol. The van der Waals surface area contributed by atoms with E-state index in [-0.39, 0.29) is 18.4 Å². The molecule has 0 unspecified atom stereocenters. The number of nitrogens with zero attached hydrogens (tertiary/aromatic N) is 1. The fourth-order valence-electron chi connectivity index (χ4n) is 2.22. The molecule has 1 saturated heterocycles. The maximum Gasteiger partial charge on any atom is 0.257 e. The van der Waals surface area contributed by atoms with Gasteiger partial charge in [-0.2, -0.15) is 0 Å². The highest BCUT2D eigenvalue weighted by Crippen LogP contribution is 2.05. The minimum Gasteiger partial charge on any atom is -0.314 e. The Bertz CT molecular complexity index is 457. The Morgan fingerprint density at radius 2 is 2.00 bits per heavy atom. The second-order valence-electron chi connectivity index (χ2n) is 5.03. The van der Waals surface area contributed by atoms with E-state index in [1.54, 1.807) is 24.3 Å². The standard InChI is InChI=1S/C15H21N3O2/c1-2-8-18(13-9-16-10-13)11-14(19)17-15(20)12-6-4-3-5-7-12/h3-7,13,16H,2,8-11H2,1H3,(H,17,19,20). The Hall–Kier alpha value is -1.72. The van der Waals surface area contributed by atoms with Crippen LogP contribution in [0.4, 0.5) is 0 Å². The van der Waals surface area contributed by atoms with E-state index in [9.17, 15) is 9.59 Å². The summed E-state index contributed by atoms with van der Waals surface area (Å²) >= 11 is 0. The zero-order valence-electron chi connectivity index (χ0n) is 11.8.